The molecule has 0 saturated heterocycles. The van der Waals surface area contributed by atoms with Gasteiger partial charge >= 0.3 is 7.12 Å². The van der Waals surface area contributed by atoms with Crippen LogP contribution < -0.4 is 5.46 Å². The number of halogens is 1. The molecule has 0 radical (unpaired) electrons. The van der Waals surface area contributed by atoms with E-state index in [-0.39, 0.29) is 5.82 Å². The molecule has 2 nitrogen and oxygen atoms in total. The molecule has 0 aliphatic carbocycles. The van der Waals surface area contributed by atoms with E-state index in [0.29, 0.717) is 5.46 Å². The largest absolute Gasteiger partial charge is 0.489 e. The Balaban J connectivity index is 2.23. The second-order valence-corrected chi connectivity index (χ2v) is 5.76. The molecule has 0 saturated carbocycles. The van der Waals surface area contributed by atoms with E-state index in [9.17, 15) is 14.4 Å². The highest BCUT2D eigenvalue weighted by Gasteiger charge is 2.21. The second-order valence-electron chi connectivity index (χ2n) is 5.76. The molecule has 0 heterocycles. The Morgan fingerprint density at radius 3 is 1.54 bits per heavy atom. The molecule has 0 aromatic heterocycles. The van der Waals surface area contributed by atoms with Crippen LogP contribution >= 0.6 is 0 Å². The van der Waals surface area contributed by atoms with Gasteiger partial charge in [0.05, 0.1) is 0 Å². The van der Waals surface area contributed by atoms with Crippen molar-refractivity contribution >= 4 is 34.1 Å². The van der Waals surface area contributed by atoms with E-state index in [1.54, 1.807) is 12.1 Å². The van der Waals surface area contributed by atoms with Crippen LogP contribution in [-0.2, 0) is 0 Å². The Morgan fingerprint density at radius 2 is 1.08 bits per heavy atom. The predicted molar refractivity (Wildman–Crippen MR) is 96.7 cm³/mol. The van der Waals surface area contributed by atoms with Gasteiger partial charge in [0.1, 0.15) is 5.82 Å². The average Bonchev–Trinajstić information content (AvgIpc) is 2.60. The SMILES string of the molecule is OB(O)c1c2ccccc2c(-c2ccc(F)cc2)c2ccccc12. The zero-order valence-corrected chi connectivity index (χ0v) is 12.8. The maximum atomic E-state index is 13.3. The number of rotatable bonds is 2. The van der Waals surface area contributed by atoms with Crippen LogP contribution in [0.15, 0.2) is 72.8 Å². The van der Waals surface area contributed by atoms with Crippen molar-refractivity contribution in [1.82, 2.24) is 0 Å². The summed E-state index contributed by atoms with van der Waals surface area (Å²) >= 11 is 0. The van der Waals surface area contributed by atoms with E-state index in [1.807, 2.05) is 48.5 Å². The molecule has 4 aromatic rings. The van der Waals surface area contributed by atoms with Crippen LogP contribution in [0, 0.1) is 5.82 Å². The molecule has 0 spiro atoms. The lowest BCUT2D eigenvalue weighted by Gasteiger charge is -2.16. The van der Waals surface area contributed by atoms with Crippen molar-refractivity contribution in [3.8, 4) is 11.1 Å². The number of hydrogen-bond acceptors (Lipinski definition) is 2. The molecular formula is C20H14BFO2. The van der Waals surface area contributed by atoms with Gasteiger partial charge in [-0.2, -0.15) is 0 Å². The molecule has 0 fully saturated rings. The predicted octanol–water partition coefficient (Wildman–Crippen LogP) is 3.48. The Morgan fingerprint density at radius 1 is 0.625 bits per heavy atom. The van der Waals surface area contributed by atoms with Crippen LogP contribution in [0.3, 0.4) is 0 Å². The summed E-state index contributed by atoms with van der Waals surface area (Å²) in [5, 5.41) is 23.2. The molecule has 0 aliphatic heterocycles. The van der Waals surface area contributed by atoms with Gasteiger partial charge in [0.2, 0.25) is 0 Å². The fraction of sp³-hybridized carbons (Fsp3) is 0. The smallest absolute Gasteiger partial charge is 0.423 e. The van der Waals surface area contributed by atoms with E-state index in [1.165, 1.54) is 12.1 Å². The Bertz CT molecular complexity index is 986. The van der Waals surface area contributed by atoms with Gasteiger partial charge < -0.3 is 10.0 Å². The Labute approximate surface area is 138 Å². The molecule has 4 rings (SSSR count). The van der Waals surface area contributed by atoms with Gasteiger partial charge in [-0.15, -0.1) is 0 Å². The van der Waals surface area contributed by atoms with Crippen LogP contribution in [0.25, 0.3) is 32.7 Å². The summed E-state index contributed by atoms with van der Waals surface area (Å²) in [6, 6.07) is 21.6. The first-order valence-corrected chi connectivity index (χ1v) is 7.72. The van der Waals surface area contributed by atoms with Gasteiger partial charge in [0.15, 0.2) is 0 Å². The molecule has 4 heteroatoms. The summed E-state index contributed by atoms with van der Waals surface area (Å²) in [6.07, 6.45) is 0. The third-order valence-electron chi connectivity index (χ3n) is 4.36. The summed E-state index contributed by atoms with van der Waals surface area (Å²) in [4.78, 5) is 0. The van der Waals surface area contributed by atoms with Crippen LogP contribution in [0.5, 0.6) is 0 Å². The highest BCUT2D eigenvalue weighted by molar-refractivity contribution is 6.66. The Hall–Kier alpha value is -2.69. The highest BCUT2D eigenvalue weighted by Crippen LogP contribution is 2.35. The first-order chi connectivity index (χ1) is 11.7. The normalized spacial score (nSPS) is 11.1. The molecule has 0 atom stereocenters. The van der Waals surface area contributed by atoms with E-state index in [4.69, 9.17) is 0 Å². The molecule has 0 unspecified atom stereocenters. The fourth-order valence-electron chi connectivity index (χ4n) is 3.37. The van der Waals surface area contributed by atoms with Crippen molar-refractivity contribution in [2.75, 3.05) is 0 Å². The minimum atomic E-state index is -1.57. The highest BCUT2D eigenvalue weighted by atomic mass is 19.1. The van der Waals surface area contributed by atoms with Crippen molar-refractivity contribution in [1.29, 1.82) is 0 Å². The molecule has 0 amide bonds. The lowest BCUT2D eigenvalue weighted by atomic mass is 9.72. The van der Waals surface area contributed by atoms with E-state index in [2.05, 4.69) is 0 Å². The molecule has 0 aliphatic rings. The van der Waals surface area contributed by atoms with Crippen molar-refractivity contribution in [2.45, 2.75) is 0 Å². The monoisotopic (exact) mass is 316 g/mol. The van der Waals surface area contributed by atoms with Crippen molar-refractivity contribution in [3.05, 3.63) is 78.6 Å². The first-order valence-electron chi connectivity index (χ1n) is 7.72. The number of benzene rings is 4. The van der Waals surface area contributed by atoms with Gasteiger partial charge in [0.25, 0.3) is 0 Å². The summed E-state index contributed by atoms with van der Waals surface area (Å²) < 4.78 is 13.3. The molecule has 0 bridgehead atoms. The summed E-state index contributed by atoms with van der Waals surface area (Å²) in [5.74, 6) is -0.283. The lowest BCUT2D eigenvalue weighted by molar-refractivity contribution is 0.426. The van der Waals surface area contributed by atoms with E-state index < -0.39 is 7.12 Å². The van der Waals surface area contributed by atoms with E-state index in [0.717, 1.165) is 32.7 Å². The van der Waals surface area contributed by atoms with Crippen molar-refractivity contribution < 1.29 is 14.4 Å². The van der Waals surface area contributed by atoms with E-state index >= 15 is 0 Å². The first kappa shape index (κ1) is 14.9. The number of fused-ring (bicyclic) bond motifs is 2. The zero-order valence-electron chi connectivity index (χ0n) is 12.8. The topological polar surface area (TPSA) is 40.5 Å². The molecule has 24 heavy (non-hydrogen) atoms. The minimum Gasteiger partial charge on any atom is -0.423 e. The zero-order chi connectivity index (χ0) is 16.7. The standard InChI is InChI=1S/C20H14BFO2/c22-14-11-9-13(10-12-14)19-15-5-1-3-7-17(15)20(21(23)24)18-8-4-2-6-16(18)19/h1-12,23-24H. The Kier molecular flexibility index (Phi) is 3.56. The maximum absolute atomic E-state index is 13.3. The third-order valence-corrected chi connectivity index (χ3v) is 4.36. The molecule has 4 aromatic carbocycles. The third kappa shape index (κ3) is 2.28. The van der Waals surface area contributed by atoms with Gasteiger partial charge in [0, 0.05) is 0 Å². The van der Waals surface area contributed by atoms with Gasteiger partial charge in [-0.05, 0) is 50.3 Å². The van der Waals surface area contributed by atoms with Gasteiger partial charge in [-0.25, -0.2) is 4.39 Å². The van der Waals surface area contributed by atoms with Gasteiger partial charge in [-0.1, -0.05) is 60.7 Å². The quantitative estimate of drug-likeness (QED) is 0.439. The number of hydrogen-bond donors (Lipinski definition) is 2. The van der Waals surface area contributed by atoms with Gasteiger partial charge in [-0.3, -0.25) is 0 Å². The van der Waals surface area contributed by atoms with Crippen LogP contribution in [0.4, 0.5) is 4.39 Å². The fourth-order valence-corrected chi connectivity index (χ4v) is 3.37. The minimum absolute atomic E-state index is 0.283. The van der Waals surface area contributed by atoms with Crippen LogP contribution in [-0.4, -0.2) is 17.2 Å². The lowest BCUT2D eigenvalue weighted by Crippen LogP contribution is -2.31. The molecule has 116 valence electrons. The van der Waals surface area contributed by atoms with Crippen molar-refractivity contribution in [2.24, 2.45) is 0 Å². The summed E-state index contributed by atoms with van der Waals surface area (Å²) in [7, 11) is -1.57. The average molecular weight is 316 g/mol. The maximum Gasteiger partial charge on any atom is 0.489 e. The summed E-state index contributed by atoms with van der Waals surface area (Å²) in [5.41, 5.74) is 2.35. The van der Waals surface area contributed by atoms with Crippen LogP contribution in [0.2, 0.25) is 0 Å². The molecule has 2 N–H and O–H groups in total. The second kappa shape index (κ2) is 5.75. The molecular weight excluding hydrogens is 302 g/mol. The van der Waals surface area contributed by atoms with Crippen LogP contribution in [0.1, 0.15) is 0 Å². The van der Waals surface area contributed by atoms with Crippen molar-refractivity contribution in [3.63, 3.8) is 0 Å². The summed E-state index contributed by atoms with van der Waals surface area (Å²) in [6.45, 7) is 0.